The molecule has 0 saturated heterocycles. The van der Waals surface area contributed by atoms with Crippen LogP contribution >= 0.6 is 0 Å². The van der Waals surface area contributed by atoms with E-state index in [1.54, 1.807) is 19.0 Å². The average Bonchev–Trinajstić information content (AvgIpc) is 2.45. The summed E-state index contributed by atoms with van der Waals surface area (Å²) in [6, 6.07) is -0.289. The van der Waals surface area contributed by atoms with Crippen LogP contribution in [0.4, 0.5) is 0 Å². The minimum atomic E-state index is -0.289. The van der Waals surface area contributed by atoms with Crippen LogP contribution < -0.4 is 5.73 Å². The van der Waals surface area contributed by atoms with Crippen LogP contribution in [-0.4, -0.2) is 30.9 Å². The number of hydrogen-bond acceptors (Lipinski definition) is 2. The number of hydrogen-bond donors (Lipinski definition) is 1. The molecule has 0 radical (unpaired) electrons. The van der Waals surface area contributed by atoms with Crippen LogP contribution in [0.15, 0.2) is 0 Å². The van der Waals surface area contributed by atoms with Crippen molar-refractivity contribution < 1.29 is 4.79 Å². The zero-order valence-electron chi connectivity index (χ0n) is 10.0. The van der Waals surface area contributed by atoms with E-state index in [0.717, 1.165) is 6.42 Å². The van der Waals surface area contributed by atoms with Crippen LogP contribution in [0.1, 0.15) is 44.9 Å². The van der Waals surface area contributed by atoms with Crippen LogP contribution in [0.5, 0.6) is 0 Å². The van der Waals surface area contributed by atoms with Gasteiger partial charge < -0.3 is 10.6 Å². The lowest BCUT2D eigenvalue weighted by atomic mass is 9.92. The smallest absolute Gasteiger partial charge is 0.238 e. The molecular formula is C12H24N2O. The standard InChI is InChI=1S/C12H24N2O/c1-14(2)12(15)11(13)9-10-7-5-3-4-6-8-10/h10-11H,3-9,13H2,1-2H3/t11-/m0/s1. The highest BCUT2D eigenvalue weighted by molar-refractivity contribution is 5.81. The molecule has 1 aliphatic rings. The van der Waals surface area contributed by atoms with Crippen molar-refractivity contribution in [1.82, 2.24) is 4.90 Å². The number of likely N-dealkylation sites (N-methyl/N-ethyl adjacent to an activating group) is 1. The maximum absolute atomic E-state index is 11.6. The van der Waals surface area contributed by atoms with Gasteiger partial charge in [0.15, 0.2) is 0 Å². The summed E-state index contributed by atoms with van der Waals surface area (Å²) in [5.41, 5.74) is 5.91. The molecule has 3 nitrogen and oxygen atoms in total. The topological polar surface area (TPSA) is 46.3 Å². The molecule has 1 aliphatic carbocycles. The summed E-state index contributed by atoms with van der Waals surface area (Å²) in [5, 5.41) is 0. The Morgan fingerprint density at radius 1 is 1.27 bits per heavy atom. The molecule has 0 heterocycles. The molecule has 2 N–H and O–H groups in total. The van der Waals surface area contributed by atoms with Gasteiger partial charge in [0, 0.05) is 14.1 Å². The molecule has 0 unspecified atom stereocenters. The van der Waals surface area contributed by atoms with E-state index in [1.165, 1.54) is 38.5 Å². The third-order valence-corrected chi connectivity index (χ3v) is 3.32. The van der Waals surface area contributed by atoms with Gasteiger partial charge >= 0.3 is 0 Å². The van der Waals surface area contributed by atoms with Gasteiger partial charge in [0.25, 0.3) is 0 Å². The predicted octanol–water partition coefficient (Wildman–Crippen LogP) is 1.76. The Bertz CT molecular complexity index is 196. The number of nitrogens with two attached hydrogens (primary N) is 1. The van der Waals surface area contributed by atoms with Crippen molar-refractivity contribution >= 4 is 5.91 Å². The maximum atomic E-state index is 11.6. The van der Waals surface area contributed by atoms with Crippen molar-refractivity contribution in [3.8, 4) is 0 Å². The fourth-order valence-electron chi connectivity index (χ4n) is 2.39. The molecule has 1 fully saturated rings. The quantitative estimate of drug-likeness (QED) is 0.725. The highest BCUT2D eigenvalue weighted by Crippen LogP contribution is 2.26. The first kappa shape index (κ1) is 12.5. The molecule has 1 amide bonds. The zero-order chi connectivity index (χ0) is 11.3. The largest absolute Gasteiger partial charge is 0.347 e. The van der Waals surface area contributed by atoms with E-state index in [1.807, 2.05) is 0 Å². The average molecular weight is 212 g/mol. The first-order chi connectivity index (χ1) is 7.11. The lowest BCUT2D eigenvalue weighted by Crippen LogP contribution is -2.41. The molecule has 0 aromatic heterocycles. The molecule has 15 heavy (non-hydrogen) atoms. The molecule has 0 aromatic carbocycles. The van der Waals surface area contributed by atoms with E-state index in [9.17, 15) is 4.79 Å². The second-order valence-corrected chi connectivity index (χ2v) is 4.93. The van der Waals surface area contributed by atoms with Crippen LogP contribution in [-0.2, 0) is 4.79 Å². The van der Waals surface area contributed by atoms with Crippen molar-refractivity contribution in [2.45, 2.75) is 51.0 Å². The Morgan fingerprint density at radius 3 is 2.27 bits per heavy atom. The molecule has 1 saturated carbocycles. The lowest BCUT2D eigenvalue weighted by Gasteiger charge is -2.21. The summed E-state index contributed by atoms with van der Waals surface area (Å²) >= 11 is 0. The van der Waals surface area contributed by atoms with E-state index >= 15 is 0 Å². The number of carbonyl (C=O) groups excluding carboxylic acids is 1. The first-order valence-corrected chi connectivity index (χ1v) is 6.08. The summed E-state index contributed by atoms with van der Waals surface area (Å²) in [5.74, 6) is 0.741. The SMILES string of the molecule is CN(C)C(=O)[C@@H](N)CC1CCCCCC1. The predicted molar refractivity (Wildman–Crippen MR) is 62.5 cm³/mol. The normalized spacial score (nSPS) is 20.7. The van der Waals surface area contributed by atoms with Gasteiger partial charge in [0.2, 0.25) is 5.91 Å². The summed E-state index contributed by atoms with van der Waals surface area (Å²) in [6.45, 7) is 0. The van der Waals surface area contributed by atoms with E-state index < -0.39 is 0 Å². The molecular weight excluding hydrogens is 188 g/mol. The molecule has 1 atom stereocenters. The Balaban J connectivity index is 2.35. The summed E-state index contributed by atoms with van der Waals surface area (Å²) in [6.07, 6.45) is 8.72. The zero-order valence-corrected chi connectivity index (χ0v) is 10.0. The van der Waals surface area contributed by atoms with Gasteiger partial charge in [-0.15, -0.1) is 0 Å². The first-order valence-electron chi connectivity index (χ1n) is 6.08. The summed E-state index contributed by atoms with van der Waals surface area (Å²) in [4.78, 5) is 13.2. The van der Waals surface area contributed by atoms with Crippen LogP contribution in [0.25, 0.3) is 0 Å². The van der Waals surface area contributed by atoms with Crippen molar-refractivity contribution in [3.63, 3.8) is 0 Å². The van der Waals surface area contributed by atoms with Gasteiger partial charge in [0.05, 0.1) is 6.04 Å². The molecule has 0 bridgehead atoms. The minimum Gasteiger partial charge on any atom is -0.347 e. The van der Waals surface area contributed by atoms with E-state index in [-0.39, 0.29) is 11.9 Å². The Labute approximate surface area is 93.0 Å². The Kier molecular flexibility index (Phi) is 5.09. The van der Waals surface area contributed by atoms with Gasteiger partial charge in [-0.25, -0.2) is 0 Å². The number of nitrogens with zero attached hydrogens (tertiary/aromatic N) is 1. The molecule has 88 valence electrons. The van der Waals surface area contributed by atoms with Crippen LogP contribution in [0.2, 0.25) is 0 Å². The summed E-state index contributed by atoms with van der Waals surface area (Å²) in [7, 11) is 3.55. The molecule has 0 aromatic rings. The van der Waals surface area contributed by atoms with Crippen LogP contribution in [0.3, 0.4) is 0 Å². The second kappa shape index (κ2) is 6.11. The molecule has 1 rings (SSSR count). The maximum Gasteiger partial charge on any atom is 0.238 e. The third-order valence-electron chi connectivity index (χ3n) is 3.32. The molecule has 3 heteroatoms. The van der Waals surface area contributed by atoms with Gasteiger partial charge in [-0.2, -0.15) is 0 Å². The third kappa shape index (κ3) is 4.20. The fourth-order valence-corrected chi connectivity index (χ4v) is 2.39. The second-order valence-electron chi connectivity index (χ2n) is 4.93. The molecule has 0 spiro atoms. The Morgan fingerprint density at radius 2 is 1.80 bits per heavy atom. The summed E-state index contributed by atoms with van der Waals surface area (Å²) < 4.78 is 0. The monoisotopic (exact) mass is 212 g/mol. The minimum absolute atomic E-state index is 0.0687. The van der Waals surface area contributed by atoms with E-state index in [4.69, 9.17) is 5.73 Å². The highest BCUT2D eigenvalue weighted by atomic mass is 16.2. The molecule has 0 aliphatic heterocycles. The van der Waals surface area contributed by atoms with Gasteiger partial charge in [-0.05, 0) is 12.3 Å². The van der Waals surface area contributed by atoms with Crippen molar-refractivity contribution in [3.05, 3.63) is 0 Å². The van der Waals surface area contributed by atoms with Crippen molar-refractivity contribution in [2.24, 2.45) is 11.7 Å². The van der Waals surface area contributed by atoms with Crippen molar-refractivity contribution in [1.29, 1.82) is 0 Å². The van der Waals surface area contributed by atoms with Gasteiger partial charge in [-0.3, -0.25) is 4.79 Å². The van der Waals surface area contributed by atoms with E-state index in [2.05, 4.69) is 0 Å². The van der Waals surface area contributed by atoms with Crippen molar-refractivity contribution in [2.75, 3.05) is 14.1 Å². The highest BCUT2D eigenvalue weighted by Gasteiger charge is 2.21. The number of rotatable bonds is 3. The Hall–Kier alpha value is -0.570. The van der Waals surface area contributed by atoms with Gasteiger partial charge in [0.1, 0.15) is 0 Å². The van der Waals surface area contributed by atoms with Gasteiger partial charge in [-0.1, -0.05) is 38.5 Å². The lowest BCUT2D eigenvalue weighted by molar-refractivity contribution is -0.130. The van der Waals surface area contributed by atoms with E-state index in [0.29, 0.717) is 5.92 Å². The number of amides is 1. The fraction of sp³-hybridized carbons (Fsp3) is 0.917. The van der Waals surface area contributed by atoms with Crippen LogP contribution in [0, 0.1) is 5.92 Å². The number of carbonyl (C=O) groups is 1.